The number of rotatable bonds is 16. The molecule has 0 radical (unpaired) electrons. The van der Waals surface area contributed by atoms with Crippen molar-refractivity contribution in [2.75, 3.05) is 27.3 Å². The molecule has 4 aromatic rings. The number of carbonyl (C=O) groups is 2. The predicted octanol–water partition coefficient (Wildman–Crippen LogP) is 3.64. The van der Waals surface area contributed by atoms with Crippen LogP contribution in [0.5, 0.6) is 11.5 Å². The van der Waals surface area contributed by atoms with Crippen LogP contribution < -0.4 is 39.8 Å². The van der Waals surface area contributed by atoms with E-state index in [1.54, 1.807) is 48.5 Å². The summed E-state index contributed by atoms with van der Waals surface area (Å²) in [5.74, 6) is 0.198. The summed E-state index contributed by atoms with van der Waals surface area (Å²) in [5, 5.41) is 30.5. The van der Waals surface area contributed by atoms with Crippen molar-refractivity contribution >= 4 is 67.1 Å². The van der Waals surface area contributed by atoms with Gasteiger partial charge < -0.3 is 41.3 Å². The zero-order valence-corrected chi connectivity index (χ0v) is 44.5. The van der Waals surface area contributed by atoms with Gasteiger partial charge in [-0.05, 0) is 110 Å². The van der Waals surface area contributed by atoms with Crippen LogP contribution in [0.15, 0.2) is 105 Å². The van der Waals surface area contributed by atoms with E-state index in [0.29, 0.717) is 58.6 Å². The molecule has 0 atom stereocenters. The van der Waals surface area contributed by atoms with Crippen molar-refractivity contribution in [1.29, 1.82) is 0 Å². The molecule has 0 unspecified atom stereocenters. The first kappa shape index (κ1) is 60.1. The summed E-state index contributed by atoms with van der Waals surface area (Å²) in [5.41, 5.74) is 2.32. The summed E-state index contributed by atoms with van der Waals surface area (Å²) in [6.07, 6.45) is 10.5. The van der Waals surface area contributed by atoms with Gasteiger partial charge in [0.2, 0.25) is 0 Å². The van der Waals surface area contributed by atoms with Crippen molar-refractivity contribution in [3.05, 3.63) is 117 Å². The molecule has 2 amide bonds. The fraction of sp³-hybridized carbons (Fsp3) is 0.391. The quantitative estimate of drug-likeness (QED) is 0.0717. The van der Waals surface area contributed by atoms with Gasteiger partial charge in [0.25, 0.3) is 31.9 Å². The van der Waals surface area contributed by atoms with Crippen LogP contribution in [0.4, 0.5) is 0 Å². The Labute approximate surface area is 426 Å². The number of hydrogen-bond acceptors (Lipinski definition) is 12. The number of sulfonamides is 2. The topological polar surface area (TPSA) is 303 Å². The van der Waals surface area contributed by atoms with Gasteiger partial charge in [0.1, 0.15) is 11.5 Å². The van der Waals surface area contributed by atoms with Gasteiger partial charge in [-0.1, -0.05) is 86.0 Å². The van der Waals surface area contributed by atoms with E-state index in [9.17, 15) is 36.6 Å². The number of methoxy groups -OCH3 is 2. The largest absolute Gasteiger partial charge is 2.00 e. The molecule has 2 aliphatic carbocycles. The molecule has 6 rings (SSSR count). The van der Waals surface area contributed by atoms with Gasteiger partial charge >= 0.3 is 19.5 Å². The number of aliphatic imine (C=N–C) groups is 2. The zero-order valence-electron chi connectivity index (χ0n) is 38.4. The first-order chi connectivity index (χ1) is 31.6. The van der Waals surface area contributed by atoms with E-state index in [2.05, 4.69) is 20.6 Å². The Hall–Kier alpha value is -5.02. The Bertz CT molecular complexity index is 2380. The van der Waals surface area contributed by atoms with Crippen molar-refractivity contribution in [2.45, 2.75) is 98.9 Å². The fourth-order valence-electron chi connectivity index (χ4n) is 7.37. The van der Waals surface area contributed by atoms with Crippen LogP contribution in [-0.4, -0.2) is 91.0 Å². The van der Waals surface area contributed by atoms with E-state index in [1.165, 1.54) is 50.6 Å². The molecule has 2 aliphatic rings. The second kappa shape index (κ2) is 29.2. The Balaban J connectivity index is 0.000000454. The number of hydrogen-bond donors (Lipinski definition) is 4. The van der Waals surface area contributed by atoms with Crippen LogP contribution in [0.1, 0.15) is 96.1 Å². The number of halogens is 2. The van der Waals surface area contributed by atoms with E-state index in [0.717, 1.165) is 75.3 Å². The van der Waals surface area contributed by atoms with Gasteiger partial charge in [0, 0.05) is 23.1 Å². The van der Waals surface area contributed by atoms with Gasteiger partial charge in [0.05, 0.1) is 59.3 Å². The van der Waals surface area contributed by atoms with Crippen LogP contribution >= 0.6 is 23.2 Å². The van der Waals surface area contributed by atoms with Gasteiger partial charge in [-0.3, -0.25) is 29.0 Å². The number of amidine groups is 2. The maximum Gasteiger partial charge on any atom is 2.00 e. The molecule has 2 saturated carbocycles. The van der Waals surface area contributed by atoms with Crippen molar-refractivity contribution in [1.82, 2.24) is 20.1 Å². The maximum atomic E-state index is 12.5. The maximum absolute atomic E-state index is 12.5. The molecule has 0 aliphatic heterocycles. The normalized spacial score (nSPS) is 14.5. The number of benzene rings is 4. The molecule has 2 fully saturated rings. The van der Waals surface area contributed by atoms with E-state index in [1.807, 2.05) is 9.44 Å². The Morgan fingerprint density at radius 1 is 0.580 bits per heavy atom. The molecule has 69 heavy (non-hydrogen) atoms. The average Bonchev–Trinajstić information content (AvgIpc) is 3.29. The minimum absolute atomic E-state index is 0. The molecule has 0 spiro atoms. The fourth-order valence-corrected chi connectivity index (χ4v) is 9.50. The van der Waals surface area contributed by atoms with E-state index in [-0.39, 0.29) is 64.1 Å². The molecular weight excluding hydrogens is 1030 g/mol. The summed E-state index contributed by atoms with van der Waals surface area (Å²) in [4.78, 5) is 32.7. The van der Waals surface area contributed by atoms with Gasteiger partial charge in [0.15, 0.2) is 0 Å². The molecule has 18 nitrogen and oxygen atoms in total. The summed E-state index contributed by atoms with van der Waals surface area (Å²) in [7, 11) is -5.05. The first-order valence-corrected chi connectivity index (χ1v) is 25.3. The first-order valence-electron chi connectivity index (χ1n) is 21.5. The third-order valence-electron chi connectivity index (χ3n) is 10.9. The third kappa shape index (κ3) is 19.0. The van der Waals surface area contributed by atoms with Crippen molar-refractivity contribution in [2.24, 2.45) is 9.98 Å². The molecule has 0 saturated heterocycles. The Morgan fingerprint density at radius 3 is 1.23 bits per heavy atom. The Kier molecular flexibility index (Phi) is 25.5. The SMILES string of the molecule is COc1ccc(Cl)cc1C(=O)NCCc1ccc(S(=O)(=O)NC([O-])=NC2CCCCC2)cc1.COc1ccc(Cl)cc1C(=O)NCCc1ccc(S(=O)(=O)NC([O-])=NC2CCCCC2)cc1.O.O.[Zn+2]. The summed E-state index contributed by atoms with van der Waals surface area (Å²) in [6.45, 7) is 0.662. The van der Waals surface area contributed by atoms with Crippen LogP contribution in [-0.2, 0) is 52.4 Å². The molecule has 0 heterocycles. The van der Waals surface area contributed by atoms with E-state index in [4.69, 9.17) is 32.7 Å². The van der Waals surface area contributed by atoms with Gasteiger partial charge in [-0.2, -0.15) is 0 Å². The summed E-state index contributed by atoms with van der Waals surface area (Å²) >= 11 is 11.9. The van der Waals surface area contributed by atoms with Gasteiger partial charge in [-0.15, -0.1) is 0 Å². The van der Waals surface area contributed by atoms with Crippen LogP contribution in [0, 0.1) is 0 Å². The van der Waals surface area contributed by atoms with E-state index >= 15 is 0 Å². The molecule has 23 heteroatoms. The summed E-state index contributed by atoms with van der Waals surface area (Å²) in [6, 6.07) is 20.0. The molecule has 4 aromatic carbocycles. The average molecular weight is 1090 g/mol. The van der Waals surface area contributed by atoms with Crippen LogP contribution in [0.2, 0.25) is 10.0 Å². The standard InChI is InChI=1S/2C23H28ClN3O5S.2H2O.Zn/c2*1-32-21-12-9-17(24)15-20(21)22(28)25-14-13-16-7-10-19(11-8-16)33(30,31)27-23(29)26-18-5-3-2-4-6-18;;;/h2*7-12,15,18H,2-6,13-14H2,1H3,(H,25,28)(H2,26,27,29);2*1H2;/q;;;;+2/p-2. The molecule has 0 bridgehead atoms. The second-order valence-corrected chi connectivity index (χ2v) is 19.9. The summed E-state index contributed by atoms with van der Waals surface area (Å²) < 4.78 is 64.3. The van der Waals surface area contributed by atoms with E-state index < -0.39 is 32.1 Å². The minimum Gasteiger partial charge on any atom is -0.846 e. The molecule has 372 valence electrons. The van der Waals surface area contributed by atoms with Crippen molar-refractivity contribution < 1.29 is 76.5 Å². The van der Waals surface area contributed by atoms with Gasteiger partial charge in [-0.25, -0.2) is 16.8 Å². The number of ether oxygens (including phenoxy) is 2. The van der Waals surface area contributed by atoms with Crippen molar-refractivity contribution in [3.63, 3.8) is 0 Å². The number of nitrogens with zero attached hydrogens (tertiary/aromatic N) is 2. The monoisotopic (exact) mass is 1080 g/mol. The third-order valence-corrected chi connectivity index (χ3v) is 14.0. The molecular formula is C46H58Cl2N6O12S2Zn. The number of carbonyl (C=O) groups excluding carboxylic acids is 2. The smallest absolute Gasteiger partial charge is 0.846 e. The minimum atomic E-state index is -4.00. The van der Waals surface area contributed by atoms with Crippen LogP contribution in [0.25, 0.3) is 0 Å². The van der Waals surface area contributed by atoms with Crippen molar-refractivity contribution in [3.8, 4) is 11.5 Å². The number of amides is 2. The Morgan fingerprint density at radius 2 is 0.913 bits per heavy atom. The van der Waals surface area contributed by atoms with Crippen LogP contribution in [0.3, 0.4) is 0 Å². The second-order valence-electron chi connectivity index (χ2n) is 15.7. The molecule has 0 aromatic heterocycles. The number of nitrogens with one attached hydrogen (secondary N) is 4. The molecule has 8 N–H and O–H groups in total. The zero-order chi connectivity index (χ0) is 47.7. The predicted molar refractivity (Wildman–Crippen MR) is 257 cm³/mol.